The van der Waals surface area contributed by atoms with Gasteiger partial charge in [-0.25, -0.2) is 0 Å². The van der Waals surface area contributed by atoms with E-state index in [-0.39, 0.29) is 6.04 Å². The summed E-state index contributed by atoms with van der Waals surface area (Å²) in [7, 11) is 0. The van der Waals surface area contributed by atoms with Crippen molar-refractivity contribution in [3.63, 3.8) is 0 Å². The van der Waals surface area contributed by atoms with Gasteiger partial charge in [0, 0.05) is 11.6 Å². The minimum Gasteiger partial charge on any atom is -0.320 e. The fraction of sp³-hybridized carbons (Fsp3) is 0.167. The molecule has 0 aliphatic rings. The molecule has 0 saturated carbocycles. The first-order valence-corrected chi connectivity index (χ1v) is 6.82. The fourth-order valence-corrected chi connectivity index (χ4v) is 2.56. The largest absolute Gasteiger partial charge is 0.320 e. The Kier molecular flexibility index (Phi) is 3.25. The van der Waals surface area contributed by atoms with Crippen LogP contribution in [0.1, 0.15) is 28.3 Å². The summed E-state index contributed by atoms with van der Waals surface area (Å²) < 4.78 is 0. The summed E-state index contributed by atoms with van der Waals surface area (Å²) >= 11 is 0. The highest BCUT2D eigenvalue weighted by atomic mass is 14.7. The topological polar surface area (TPSA) is 38.9 Å². The third-order valence-electron chi connectivity index (χ3n) is 3.76. The summed E-state index contributed by atoms with van der Waals surface area (Å²) in [5, 5.41) is 1.13. The highest BCUT2D eigenvalue weighted by Gasteiger charge is 2.12. The molecule has 0 aliphatic heterocycles. The van der Waals surface area contributed by atoms with E-state index in [9.17, 15) is 0 Å². The van der Waals surface area contributed by atoms with E-state index in [0.717, 1.165) is 16.5 Å². The number of benzene rings is 2. The van der Waals surface area contributed by atoms with Crippen LogP contribution in [-0.4, -0.2) is 4.98 Å². The Bertz CT molecular complexity index is 762. The summed E-state index contributed by atoms with van der Waals surface area (Å²) in [6.45, 7) is 4.21. The predicted octanol–water partition coefficient (Wildman–Crippen LogP) is 3.90. The number of pyridine rings is 1. The molecule has 2 nitrogen and oxygen atoms in total. The maximum absolute atomic E-state index is 6.46. The number of hydrogen-bond donors (Lipinski definition) is 1. The van der Waals surface area contributed by atoms with Gasteiger partial charge < -0.3 is 5.73 Å². The lowest BCUT2D eigenvalue weighted by Gasteiger charge is -2.16. The van der Waals surface area contributed by atoms with Crippen molar-refractivity contribution in [3.8, 4) is 0 Å². The number of fused-ring (bicyclic) bond motifs is 1. The van der Waals surface area contributed by atoms with E-state index >= 15 is 0 Å². The number of aromatic nitrogens is 1. The summed E-state index contributed by atoms with van der Waals surface area (Å²) in [5.41, 5.74) is 12.2. The average Bonchev–Trinajstić information content (AvgIpc) is 2.48. The van der Waals surface area contributed by atoms with Crippen LogP contribution in [0.25, 0.3) is 10.9 Å². The smallest absolute Gasteiger partial charge is 0.0702 e. The molecule has 2 N–H and O–H groups in total. The quantitative estimate of drug-likeness (QED) is 0.760. The molecule has 0 spiro atoms. The molecule has 0 saturated heterocycles. The zero-order chi connectivity index (χ0) is 14.1. The third kappa shape index (κ3) is 2.30. The van der Waals surface area contributed by atoms with Crippen LogP contribution in [0.5, 0.6) is 0 Å². The second-order valence-electron chi connectivity index (χ2n) is 5.29. The molecule has 0 aliphatic carbocycles. The zero-order valence-corrected chi connectivity index (χ0v) is 11.8. The number of rotatable bonds is 2. The van der Waals surface area contributed by atoms with Crippen molar-refractivity contribution in [3.05, 3.63) is 77.0 Å². The van der Waals surface area contributed by atoms with Crippen molar-refractivity contribution in [1.29, 1.82) is 0 Å². The van der Waals surface area contributed by atoms with Gasteiger partial charge in [0.2, 0.25) is 0 Å². The molecule has 2 aromatic carbocycles. The summed E-state index contributed by atoms with van der Waals surface area (Å²) in [5.74, 6) is 0. The van der Waals surface area contributed by atoms with Crippen molar-refractivity contribution in [1.82, 2.24) is 4.98 Å². The Hall–Kier alpha value is -2.19. The number of nitrogens with two attached hydrogens (primary N) is 1. The fourth-order valence-electron chi connectivity index (χ4n) is 2.56. The molecule has 1 unspecified atom stereocenters. The molecule has 1 heterocycles. The van der Waals surface area contributed by atoms with Gasteiger partial charge in [-0.3, -0.25) is 4.98 Å². The van der Waals surface area contributed by atoms with Gasteiger partial charge in [0.1, 0.15) is 0 Å². The molecule has 1 aromatic heterocycles. The van der Waals surface area contributed by atoms with Gasteiger partial charge in [-0.1, -0.05) is 35.9 Å². The van der Waals surface area contributed by atoms with Crippen LogP contribution in [0.3, 0.4) is 0 Å². The van der Waals surface area contributed by atoms with Crippen LogP contribution in [-0.2, 0) is 0 Å². The molecule has 1 atom stereocenters. The van der Waals surface area contributed by atoms with Gasteiger partial charge in [-0.15, -0.1) is 0 Å². The Balaban J connectivity index is 2.07. The van der Waals surface area contributed by atoms with Gasteiger partial charge in [0.05, 0.1) is 11.6 Å². The Morgan fingerprint density at radius 3 is 2.70 bits per heavy atom. The molecular formula is C18H18N2. The SMILES string of the molecule is Cc1ccc(C)c(C(N)c2ccc3ncccc3c2)c1. The van der Waals surface area contributed by atoms with Gasteiger partial charge in [0.15, 0.2) is 0 Å². The van der Waals surface area contributed by atoms with E-state index in [2.05, 4.69) is 55.2 Å². The van der Waals surface area contributed by atoms with Gasteiger partial charge in [0.25, 0.3) is 0 Å². The molecule has 20 heavy (non-hydrogen) atoms. The summed E-state index contributed by atoms with van der Waals surface area (Å²) in [6.07, 6.45) is 1.81. The van der Waals surface area contributed by atoms with E-state index in [0.29, 0.717) is 0 Å². The molecule has 0 radical (unpaired) electrons. The predicted molar refractivity (Wildman–Crippen MR) is 83.7 cm³/mol. The standard InChI is InChI=1S/C18H18N2/c1-12-5-6-13(2)16(10-12)18(19)15-7-8-17-14(11-15)4-3-9-20-17/h3-11,18H,19H2,1-2H3. The van der Waals surface area contributed by atoms with E-state index in [1.54, 1.807) is 0 Å². The normalized spacial score (nSPS) is 12.6. The first-order valence-electron chi connectivity index (χ1n) is 6.82. The minimum atomic E-state index is -0.0977. The molecule has 3 aromatic rings. The maximum atomic E-state index is 6.46. The molecule has 100 valence electrons. The van der Waals surface area contributed by atoms with E-state index in [4.69, 9.17) is 5.73 Å². The molecule has 0 fully saturated rings. The lowest BCUT2D eigenvalue weighted by molar-refractivity contribution is 0.861. The molecule has 0 amide bonds. The van der Waals surface area contributed by atoms with Crippen LogP contribution in [0.2, 0.25) is 0 Å². The van der Waals surface area contributed by atoms with E-state index < -0.39 is 0 Å². The van der Waals surface area contributed by atoms with Crippen molar-refractivity contribution in [2.45, 2.75) is 19.9 Å². The van der Waals surface area contributed by atoms with E-state index in [1.807, 2.05) is 18.3 Å². The van der Waals surface area contributed by atoms with Gasteiger partial charge >= 0.3 is 0 Å². The average molecular weight is 262 g/mol. The van der Waals surface area contributed by atoms with E-state index in [1.165, 1.54) is 16.7 Å². The van der Waals surface area contributed by atoms with Gasteiger partial charge in [-0.2, -0.15) is 0 Å². The van der Waals surface area contributed by atoms with Crippen molar-refractivity contribution >= 4 is 10.9 Å². The lowest BCUT2D eigenvalue weighted by atomic mass is 9.93. The zero-order valence-electron chi connectivity index (χ0n) is 11.8. The summed E-state index contributed by atoms with van der Waals surface area (Å²) in [4.78, 5) is 4.35. The van der Waals surface area contributed by atoms with Crippen molar-refractivity contribution < 1.29 is 0 Å². The van der Waals surface area contributed by atoms with Crippen LogP contribution in [0, 0.1) is 13.8 Å². The maximum Gasteiger partial charge on any atom is 0.0702 e. The highest BCUT2D eigenvalue weighted by Crippen LogP contribution is 2.25. The van der Waals surface area contributed by atoms with Crippen molar-refractivity contribution in [2.24, 2.45) is 5.73 Å². The minimum absolute atomic E-state index is 0.0977. The second-order valence-corrected chi connectivity index (χ2v) is 5.29. The summed E-state index contributed by atoms with van der Waals surface area (Å²) in [6, 6.07) is 16.6. The number of hydrogen-bond acceptors (Lipinski definition) is 2. The molecule has 3 rings (SSSR count). The molecule has 0 bridgehead atoms. The monoisotopic (exact) mass is 262 g/mol. The number of aryl methyl sites for hydroxylation is 2. The van der Waals surface area contributed by atoms with Crippen LogP contribution in [0.4, 0.5) is 0 Å². The van der Waals surface area contributed by atoms with Crippen molar-refractivity contribution in [2.75, 3.05) is 0 Å². The Morgan fingerprint density at radius 1 is 1.00 bits per heavy atom. The lowest BCUT2D eigenvalue weighted by Crippen LogP contribution is -2.13. The number of nitrogens with zero attached hydrogens (tertiary/aromatic N) is 1. The second kappa shape index (κ2) is 5.06. The molecular weight excluding hydrogens is 244 g/mol. The highest BCUT2D eigenvalue weighted by molar-refractivity contribution is 5.79. The van der Waals surface area contributed by atoms with Crippen LogP contribution in [0.15, 0.2) is 54.7 Å². The van der Waals surface area contributed by atoms with Crippen LogP contribution < -0.4 is 5.73 Å². The first kappa shape index (κ1) is 12.8. The Labute approximate surface area is 119 Å². The van der Waals surface area contributed by atoms with Gasteiger partial charge in [-0.05, 0) is 48.7 Å². The molecule has 2 heteroatoms. The third-order valence-corrected chi connectivity index (χ3v) is 3.76. The Morgan fingerprint density at radius 2 is 1.85 bits per heavy atom. The van der Waals surface area contributed by atoms with Crippen LogP contribution >= 0.6 is 0 Å². The first-order chi connectivity index (χ1) is 9.65.